The highest BCUT2D eigenvalue weighted by Gasteiger charge is 2.31. The summed E-state index contributed by atoms with van der Waals surface area (Å²) >= 11 is 11.7. The number of ether oxygens (including phenoxy) is 1. The predicted molar refractivity (Wildman–Crippen MR) is 78.3 cm³/mol. The zero-order valence-corrected chi connectivity index (χ0v) is 12.7. The molecule has 0 heterocycles. The highest BCUT2D eigenvalue weighted by atomic mass is 35.5. The molecule has 1 N–H and O–H groups in total. The lowest BCUT2D eigenvalue weighted by Gasteiger charge is -2.20. The highest BCUT2D eigenvalue weighted by Crippen LogP contribution is 2.32. The zero-order chi connectivity index (χ0) is 14.7. The first-order valence-corrected chi connectivity index (χ1v) is 7.22. The van der Waals surface area contributed by atoms with Crippen LogP contribution >= 0.6 is 23.2 Å². The number of hydrogen-bond acceptors (Lipinski definition) is 3. The number of rotatable bonds is 6. The van der Waals surface area contributed by atoms with Crippen molar-refractivity contribution in [1.29, 1.82) is 0 Å². The zero-order valence-electron chi connectivity index (χ0n) is 11.2. The number of amides is 1. The van der Waals surface area contributed by atoms with Crippen LogP contribution in [0.2, 0.25) is 10.0 Å². The molecule has 2 rings (SSSR count). The highest BCUT2D eigenvalue weighted by molar-refractivity contribution is 6.34. The molecule has 1 aromatic carbocycles. The Morgan fingerprint density at radius 2 is 2.00 bits per heavy atom. The number of aliphatic hydroxyl groups is 1. The van der Waals surface area contributed by atoms with Gasteiger partial charge >= 0.3 is 0 Å². The molecule has 110 valence electrons. The Balaban J connectivity index is 1.81. The first-order chi connectivity index (χ1) is 9.45. The van der Waals surface area contributed by atoms with Gasteiger partial charge in [-0.3, -0.25) is 4.79 Å². The third-order valence-electron chi connectivity index (χ3n) is 3.25. The molecular weight excluding hydrogens is 301 g/mol. The van der Waals surface area contributed by atoms with Crippen LogP contribution in [0.1, 0.15) is 12.8 Å². The predicted octanol–water partition coefficient (Wildman–Crippen LogP) is 2.60. The number of benzene rings is 1. The molecule has 1 aliphatic carbocycles. The Kier molecular flexibility index (Phi) is 5.13. The number of halogens is 2. The lowest BCUT2D eigenvalue weighted by atomic mass is 10.2. The molecule has 1 saturated carbocycles. The van der Waals surface area contributed by atoms with Crippen LogP contribution in [-0.2, 0) is 4.79 Å². The SMILES string of the molecule is CN(CC(O)C1CC1)C(=O)COc1cc(Cl)cc(Cl)c1. The molecule has 0 aliphatic heterocycles. The van der Waals surface area contributed by atoms with E-state index in [0.29, 0.717) is 28.3 Å². The molecule has 0 bridgehead atoms. The van der Waals surface area contributed by atoms with Crippen molar-refractivity contribution < 1.29 is 14.6 Å². The Morgan fingerprint density at radius 1 is 1.40 bits per heavy atom. The van der Waals surface area contributed by atoms with Crippen molar-refractivity contribution in [3.63, 3.8) is 0 Å². The second-order valence-electron chi connectivity index (χ2n) is 5.07. The molecule has 0 radical (unpaired) electrons. The van der Waals surface area contributed by atoms with Gasteiger partial charge in [-0.15, -0.1) is 0 Å². The summed E-state index contributed by atoms with van der Waals surface area (Å²) in [5.74, 6) is 0.602. The summed E-state index contributed by atoms with van der Waals surface area (Å²) in [6.45, 7) is 0.230. The number of aliphatic hydroxyl groups excluding tert-OH is 1. The van der Waals surface area contributed by atoms with Gasteiger partial charge in [-0.1, -0.05) is 23.2 Å². The molecule has 20 heavy (non-hydrogen) atoms. The van der Waals surface area contributed by atoms with Crippen molar-refractivity contribution in [3.05, 3.63) is 28.2 Å². The van der Waals surface area contributed by atoms with Gasteiger partial charge in [0.25, 0.3) is 5.91 Å². The van der Waals surface area contributed by atoms with E-state index in [4.69, 9.17) is 27.9 Å². The van der Waals surface area contributed by atoms with E-state index in [1.165, 1.54) is 4.90 Å². The summed E-state index contributed by atoms with van der Waals surface area (Å²) in [5.41, 5.74) is 0. The Labute approximate surface area is 128 Å². The van der Waals surface area contributed by atoms with Gasteiger partial charge in [0.05, 0.1) is 6.10 Å². The minimum atomic E-state index is -0.440. The van der Waals surface area contributed by atoms with Gasteiger partial charge < -0.3 is 14.7 Å². The monoisotopic (exact) mass is 317 g/mol. The maximum atomic E-state index is 11.9. The molecular formula is C14H17Cl2NO3. The van der Waals surface area contributed by atoms with Gasteiger partial charge in [0.1, 0.15) is 5.75 Å². The third kappa shape index (κ3) is 4.54. The van der Waals surface area contributed by atoms with Gasteiger partial charge in [0.15, 0.2) is 6.61 Å². The van der Waals surface area contributed by atoms with E-state index < -0.39 is 6.10 Å². The average molecular weight is 318 g/mol. The summed E-state index contributed by atoms with van der Waals surface area (Å²) in [6, 6.07) is 4.79. The fraction of sp³-hybridized carbons (Fsp3) is 0.500. The molecule has 1 unspecified atom stereocenters. The number of likely N-dealkylation sites (N-methyl/N-ethyl adjacent to an activating group) is 1. The number of carbonyl (C=O) groups is 1. The van der Waals surface area contributed by atoms with Gasteiger partial charge in [-0.05, 0) is 37.0 Å². The standard InChI is InChI=1S/C14H17Cl2NO3/c1-17(7-13(18)9-2-3-9)14(19)8-20-12-5-10(15)4-11(16)6-12/h4-6,9,13,18H,2-3,7-8H2,1H3. The summed E-state index contributed by atoms with van der Waals surface area (Å²) < 4.78 is 5.37. The molecule has 1 amide bonds. The van der Waals surface area contributed by atoms with Crippen molar-refractivity contribution in [2.75, 3.05) is 20.2 Å². The molecule has 0 aromatic heterocycles. The molecule has 1 atom stereocenters. The first kappa shape index (κ1) is 15.4. The molecule has 1 fully saturated rings. The van der Waals surface area contributed by atoms with Gasteiger partial charge in [0, 0.05) is 23.6 Å². The van der Waals surface area contributed by atoms with E-state index in [-0.39, 0.29) is 12.5 Å². The van der Waals surface area contributed by atoms with E-state index in [9.17, 15) is 9.90 Å². The number of nitrogens with zero attached hydrogens (tertiary/aromatic N) is 1. The molecule has 1 aromatic rings. The van der Waals surface area contributed by atoms with Crippen LogP contribution in [-0.4, -0.2) is 42.2 Å². The lowest BCUT2D eigenvalue weighted by Crippen LogP contribution is -2.37. The van der Waals surface area contributed by atoms with E-state index in [1.807, 2.05) is 0 Å². The lowest BCUT2D eigenvalue weighted by molar-refractivity contribution is -0.133. The maximum Gasteiger partial charge on any atom is 0.260 e. The quantitative estimate of drug-likeness (QED) is 0.877. The third-order valence-corrected chi connectivity index (χ3v) is 3.69. The largest absolute Gasteiger partial charge is 0.484 e. The molecule has 6 heteroatoms. The second kappa shape index (κ2) is 6.66. The van der Waals surface area contributed by atoms with E-state index in [0.717, 1.165) is 12.8 Å². The Hall–Kier alpha value is -0.970. The fourth-order valence-electron chi connectivity index (χ4n) is 1.88. The summed E-state index contributed by atoms with van der Waals surface area (Å²) in [6.07, 6.45) is 1.64. The first-order valence-electron chi connectivity index (χ1n) is 6.46. The van der Waals surface area contributed by atoms with E-state index >= 15 is 0 Å². The van der Waals surface area contributed by atoms with Crippen LogP contribution < -0.4 is 4.74 Å². The van der Waals surface area contributed by atoms with Crippen LogP contribution in [0.25, 0.3) is 0 Å². The summed E-state index contributed by atoms with van der Waals surface area (Å²) in [7, 11) is 1.66. The van der Waals surface area contributed by atoms with Gasteiger partial charge in [0.2, 0.25) is 0 Å². The van der Waals surface area contributed by atoms with E-state index in [2.05, 4.69) is 0 Å². The second-order valence-corrected chi connectivity index (χ2v) is 5.95. The van der Waals surface area contributed by atoms with Crippen LogP contribution in [0.5, 0.6) is 5.75 Å². The van der Waals surface area contributed by atoms with Crippen LogP contribution in [0.4, 0.5) is 0 Å². The molecule has 1 aliphatic rings. The topological polar surface area (TPSA) is 49.8 Å². The van der Waals surface area contributed by atoms with Crippen molar-refractivity contribution in [3.8, 4) is 5.75 Å². The van der Waals surface area contributed by atoms with Gasteiger partial charge in [-0.2, -0.15) is 0 Å². The van der Waals surface area contributed by atoms with Crippen molar-refractivity contribution in [2.45, 2.75) is 18.9 Å². The maximum absolute atomic E-state index is 11.9. The van der Waals surface area contributed by atoms with Crippen molar-refractivity contribution >= 4 is 29.1 Å². The molecule has 0 saturated heterocycles. The van der Waals surface area contributed by atoms with Crippen molar-refractivity contribution in [2.24, 2.45) is 5.92 Å². The minimum Gasteiger partial charge on any atom is -0.484 e. The van der Waals surface area contributed by atoms with Crippen LogP contribution in [0.3, 0.4) is 0 Å². The smallest absolute Gasteiger partial charge is 0.260 e. The minimum absolute atomic E-state index is 0.107. The summed E-state index contributed by atoms with van der Waals surface area (Å²) in [5, 5.41) is 10.7. The van der Waals surface area contributed by atoms with E-state index in [1.54, 1.807) is 25.2 Å². The molecule has 0 spiro atoms. The Morgan fingerprint density at radius 3 is 2.55 bits per heavy atom. The normalized spacial score (nSPS) is 15.8. The summed E-state index contributed by atoms with van der Waals surface area (Å²) in [4.78, 5) is 13.4. The Bertz CT molecular complexity index is 471. The fourth-order valence-corrected chi connectivity index (χ4v) is 2.39. The van der Waals surface area contributed by atoms with Crippen LogP contribution in [0, 0.1) is 5.92 Å². The van der Waals surface area contributed by atoms with Crippen molar-refractivity contribution in [1.82, 2.24) is 4.90 Å². The number of carbonyl (C=O) groups excluding carboxylic acids is 1. The van der Waals surface area contributed by atoms with Gasteiger partial charge in [-0.25, -0.2) is 0 Å². The van der Waals surface area contributed by atoms with Crippen LogP contribution in [0.15, 0.2) is 18.2 Å². The molecule has 4 nitrogen and oxygen atoms in total. The number of hydrogen-bond donors (Lipinski definition) is 1. The average Bonchev–Trinajstić information content (AvgIpc) is 3.18.